The van der Waals surface area contributed by atoms with E-state index in [1.807, 2.05) is 18.2 Å². The first-order chi connectivity index (χ1) is 14.1. The molecule has 0 spiro atoms. The summed E-state index contributed by atoms with van der Waals surface area (Å²) in [7, 11) is 0. The number of allylic oxidation sites excluding steroid dienone is 4. The molecule has 0 aromatic heterocycles. The number of para-hydroxylation sites is 1. The SMILES string of the molecule is N[N+]12C=CN=CC1=C(C1=CC=C1)N=C2c1cc(F)c(Oc2ccccc2)cc1F. The zero-order valence-electron chi connectivity index (χ0n) is 15.1. The molecule has 2 aliphatic heterocycles. The van der Waals surface area contributed by atoms with Gasteiger partial charge in [0.1, 0.15) is 23.5 Å². The lowest BCUT2D eigenvalue weighted by Gasteiger charge is -2.26. The predicted molar refractivity (Wildman–Crippen MR) is 106 cm³/mol. The van der Waals surface area contributed by atoms with Gasteiger partial charge < -0.3 is 4.74 Å². The lowest BCUT2D eigenvalue weighted by molar-refractivity contribution is -0.750. The summed E-state index contributed by atoms with van der Waals surface area (Å²) in [6.07, 6.45) is 10.3. The Hall–Kier alpha value is -3.68. The first-order valence-electron chi connectivity index (χ1n) is 8.89. The van der Waals surface area contributed by atoms with Crippen molar-refractivity contribution in [1.82, 2.24) is 0 Å². The summed E-state index contributed by atoms with van der Waals surface area (Å²) in [5, 5.41) is 0. The number of rotatable bonds is 4. The van der Waals surface area contributed by atoms with E-state index in [9.17, 15) is 4.39 Å². The number of benzene rings is 2. The van der Waals surface area contributed by atoms with E-state index >= 15 is 4.39 Å². The molecule has 0 fully saturated rings. The van der Waals surface area contributed by atoms with Crippen molar-refractivity contribution in [2.45, 2.75) is 0 Å². The first kappa shape index (κ1) is 17.4. The molecule has 2 aromatic rings. The Morgan fingerprint density at radius 1 is 1.03 bits per heavy atom. The van der Waals surface area contributed by atoms with E-state index in [2.05, 4.69) is 9.98 Å². The molecule has 1 unspecified atom stereocenters. The Labute approximate surface area is 165 Å². The van der Waals surface area contributed by atoms with E-state index in [4.69, 9.17) is 10.6 Å². The van der Waals surface area contributed by atoms with Crippen LogP contribution in [0.3, 0.4) is 0 Å². The Balaban J connectivity index is 1.57. The van der Waals surface area contributed by atoms with Crippen LogP contribution in [0.2, 0.25) is 0 Å². The minimum absolute atomic E-state index is 0.0400. The number of halogens is 2. The molecule has 3 aliphatic rings. The minimum Gasteiger partial charge on any atom is -0.454 e. The summed E-state index contributed by atoms with van der Waals surface area (Å²) in [4.78, 5) is 8.66. The number of fused-ring (bicyclic) bond motifs is 1. The van der Waals surface area contributed by atoms with Crippen LogP contribution < -0.4 is 10.6 Å². The van der Waals surface area contributed by atoms with Crippen LogP contribution in [0.1, 0.15) is 5.56 Å². The number of hydrogen-bond donors (Lipinski definition) is 1. The van der Waals surface area contributed by atoms with Crippen LogP contribution in [0.5, 0.6) is 11.5 Å². The monoisotopic (exact) mass is 389 g/mol. The highest BCUT2D eigenvalue weighted by atomic mass is 19.1. The van der Waals surface area contributed by atoms with Crippen LogP contribution in [0, 0.1) is 11.6 Å². The summed E-state index contributed by atoms with van der Waals surface area (Å²) in [5.41, 5.74) is 1.99. The zero-order chi connectivity index (χ0) is 20.0. The summed E-state index contributed by atoms with van der Waals surface area (Å²) in [6, 6.07) is 10.7. The van der Waals surface area contributed by atoms with Crippen LogP contribution in [0.15, 0.2) is 100 Å². The number of nitrogens with two attached hydrogens (primary N) is 1. The van der Waals surface area contributed by atoms with Gasteiger partial charge in [0.25, 0.3) is 5.84 Å². The topological polar surface area (TPSA) is 60.0 Å². The molecule has 0 radical (unpaired) electrons. The third-order valence-electron chi connectivity index (χ3n) is 4.85. The van der Waals surface area contributed by atoms with Crippen LogP contribution >= 0.6 is 0 Å². The van der Waals surface area contributed by atoms with Crippen molar-refractivity contribution >= 4 is 12.1 Å². The minimum atomic E-state index is -0.716. The van der Waals surface area contributed by atoms with Gasteiger partial charge in [0, 0.05) is 11.6 Å². The number of hydrogen-bond acceptors (Lipinski definition) is 4. The second-order valence-electron chi connectivity index (χ2n) is 6.68. The molecule has 0 saturated carbocycles. The molecule has 7 heteroatoms. The van der Waals surface area contributed by atoms with Gasteiger partial charge in [0.05, 0.1) is 18.0 Å². The smallest absolute Gasteiger partial charge is 0.268 e. The van der Waals surface area contributed by atoms with Gasteiger partial charge in [-0.25, -0.2) is 8.78 Å². The highest BCUT2D eigenvalue weighted by molar-refractivity contribution is 6.01. The van der Waals surface area contributed by atoms with E-state index in [0.717, 1.165) is 17.7 Å². The molecule has 5 rings (SSSR count). The predicted octanol–water partition coefficient (Wildman–Crippen LogP) is 4.47. The van der Waals surface area contributed by atoms with E-state index in [1.165, 1.54) is 6.20 Å². The highest BCUT2D eigenvalue weighted by Gasteiger charge is 2.46. The molecule has 2 N–H and O–H groups in total. The maximum atomic E-state index is 15.0. The molecular weight excluding hydrogens is 374 g/mol. The third-order valence-corrected chi connectivity index (χ3v) is 4.85. The fourth-order valence-corrected chi connectivity index (χ4v) is 3.32. The molecule has 0 amide bonds. The molecule has 5 nitrogen and oxygen atoms in total. The standard InChI is InChI=1S/C22H15F2N4O/c23-17-12-20(29-15-7-2-1-3-8-15)18(24)11-16(17)22-27-21(14-5-4-6-14)19-13-26-9-10-28(19,22)25/h1-13H,25H2/q+1. The lowest BCUT2D eigenvalue weighted by atomic mass is 10.0. The van der Waals surface area contributed by atoms with Crippen LogP contribution in [0.4, 0.5) is 8.78 Å². The summed E-state index contributed by atoms with van der Waals surface area (Å²) in [6.45, 7) is 0. The van der Waals surface area contributed by atoms with Crippen LogP contribution in [0.25, 0.3) is 0 Å². The first-order valence-corrected chi connectivity index (χ1v) is 8.89. The Bertz CT molecular complexity index is 1210. The Morgan fingerprint density at radius 2 is 1.83 bits per heavy atom. The molecule has 0 saturated heterocycles. The quantitative estimate of drug-likeness (QED) is 0.620. The lowest BCUT2D eigenvalue weighted by Crippen LogP contribution is -2.53. The van der Waals surface area contributed by atoms with E-state index < -0.39 is 11.6 Å². The van der Waals surface area contributed by atoms with Crippen LogP contribution in [-0.4, -0.2) is 16.6 Å². The van der Waals surface area contributed by atoms with Crippen molar-refractivity contribution in [2.24, 2.45) is 15.8 Å². The summed E-state index contributed by atoms with van der Waals surface area (Å²) >= 11 is 0. The largest absolute Gasteiger partial charge is 0.454 e. The van der Waals surface area contributed by atoms with Gasteiger partial charge in [-0.15, -0.1) is 4.59 Å². The maximum Gasteiger partial charge on any atom is 0.268 e. The molecule has 2 heterocycles. The van der Waals surface area contributed by atoms with Crippen molar-refractivity contribution in [2.75, 3.05) is 0 Å². The van der Waals surface area contributed by atoms with E-state index in [1.54, 1.807) is 42.7 Å². The molecule has 2 aromatic carbocycles. The molecule has 29 heavy (non-hydrogen) atoms. The second kappa shape index (κ2) is 6.44. The van der Waals surface area contributed by atoms with Gasteiger partial charge in [-0.2, -0.15) is 10.8 Å². The van der Waals surface area contributed by atoms with Gasteiger partial charge in [-0.1, -0.05) is 36.4 Å². The second-order valence-corrected chi connectivity index (χ2v) is 6.68. The molecular formula is C22H15F2N4O+. The van der Waals surface area contributed by atoms with Crippen molar-refractivity contribution < 1.29 is 18.1 Å². The van der Waals surface area contributed by atoms with Crippen molar-refractivity contribution in [3.63, 3.8) is 0 Å². The highest BCUT2D eigenvalue weighted by Crippen LogP contribution is 2.37. The number of aliphatic imine (C=N–C) groups is 2. The number of amidine groups is 1. The maximum absolute atomic E-state index is 15.0. The number of quaternary nitrogens is 1. The van der Waals surface area contributed by atoms with Gasteiger partial charge in [-0.05, 0) is 18.2 Å². The van der Waals surface area contributed by atoms with Gasteiger partial charge in [-0.3, -0.25) is 4.99 Å². The fourth-order valence-electron chi connectivity index (χ4n) is 3.32. The van der Waals surface area contributed by atoms with E-state index in [0.29, 0.717) is 17.1 Å². The summed E-state index contributed by atoms with van der Waals surface area (Å²) in [5.74, 6) is 5.49. The Morgan fingerprint density at radius 3 is 2.55 bits per heavy atom. The normalized spacial score (nSPS) is 21.6. The van der Waals surface area contributed by atoms with Gasteiger partial charge >= 0.3 is 0 Å². The van der Waals surface area contributed by atoms with Crippen molar-refractivity contribution in [1.29, 1.82) is 0 Å². The molecule has 0 bridgehead atoms. The van der Waals surface area contributed by atoms with Crippen molar-refractivity contribution in [3.05, 3.63) is 107 Å². The fraction of sp³-hybridized carbons (Fsp3) is 0. The van der Waals surface area contributed by atoms with Gasteiger partial charge in [0.15, 0.2) is 11.6 Å². The summed E-state index contributed by atoms with van der Waals surface area (Å²) < 4.78 is 34.9. The zero-order valence-corrected chi connectivity index (χ0v) is 15.1. The number of nitrogens with zero attached hydrogens (tertiary/aromatic N) is 3. The van der Waals surface area contributed by atoms with Crippen molar-refractivity contribution in [3.8, 4) is 11.5 Å². The molecule has 1 aliphatic carbocycles. The van der Waals surface area contributed by atoms with E-state index in [-0.39, 0.29) is 21.7 Å². The van der Waals surface area contributed by atoms with Gasteiger partial charge in [0.2, 0.25) is 5.70 Å². The number of ether oxygens (including phenoxy) is 1. The molecule has 1 atom stereocenters. The average molecular weight is 389 g/mol. The van der Waals surface area contributed by atoms with Crippen LogP contribution in [-0.2, 0) is 0 Å². The Kier molecular flexibility index (Phi) is 3.87. The molecule has 142 valence electrons. The third kappa shape index (κ3) is 2.75. The average Bonchev–Trinajstić information content (AvgIpc) is 2.97.